The summed E-state index contributed by atoms with van der Waals surface area (Å²) in [4.78, 5) is 13.9. The smallest absolute Gasteiger partial charge is 0.254 e. The first-order valence-electron chi connectivity index (χ1n) is 5.88. The number of amides is 1. The molecule has 0 aliphatic carbocycles. The molecule has 1 fully saturated rings. The Hall–Kier alpha value is -1.42. The maximum absolute atomic E-state index is 13.2. The molecule has 1 heterocycles. The number of benzene rings is 1. The summed E-state index contributed by atoms with van der Waals surface area (Å²) in [6.07, 6.45) is 1.87. The topological polar surface area (TPSA) is 46.3 Å². The average molecular weight is 236 g/mol. The third kappa shape index (κ3) is 2.82. The number of likely N-dealkylation sites (tertiary alicyclic amines) is 1. The van der Waals surface area contributed by atoms with E-state index in [0.29, 0.717) is 18.7 Å². The first kappa shape index (κ1) is 12.0. The van der Waals surface area contributed by atoms with Crippen LogP contribution in [0.2, 0.25) is 0 Å². The van der Waals surface area contributed by atoms with Crippen LogP contribution in [0.25, 0.3) is 0 Å². The summed E-state index contributed by atoms with van der Waals surface area (Å²) in [5, 5.41) is 0. The Balaban J connectivity index is 2.18. The number of halogens is 1. The molecule has 3 nitrogen and oxygen atoms in total. The number of carbonyl (C=O) groups excluding carboxylic acids is 1. The van der Waals surface area contributed by atoms with E-state index in [2.05, 4.69) is 0 Å². The van der Waals surface area contributed by atoms with Crippen molar-refractivity contribution in [1.29, 1.82) is 0 Å². The summed E-state index contributed by atoms with van der Waals surface area (Å²) in [6, 6.07) is 4.46. The molecule has 1 saturated heterocycles. The first-order valence-corrected chi connectivity index (χ1v) is 5.88. The Bertz CT molecular complexity index is 413. The molecule has 0 saturated carbocycles. The van der Waals surface area contributed by atoms with Crippen molar-refractivity contribution in [3.63, 3.8) is 0 Å². The van der Waals surface area contributed by atoms with Crippen LogP contribution < -0.4 is 5.73 Å². The van der Waals surface area contributed by atoms with Crippen LogP contribution in [0.15, 0.2) is 18.2 Å². The van der Waals surface area contributed by atoms with Crippen molar-refractivity contribution in [3.05, 3.63) is 35.1 Å². The second kappa shape index (κ2) is 4.84. The maximum atomic E-state index is 13.2. The average Bonchev–Trinajstić information content (AvgIpc) is 2.26. The molecule has 17 heavy (non-hydrogen) atoms. The van der Waals surface area contributed by atoms with Gasteiger partial charge >= 0.3 is 0 Å². The number of hydrogen-bond acceptors (Lipinski definition) is 2. The SMILES string of the molecule is Cc1cc(F)cc(C(=O)N2CCC[C@@H](N)C2)c1. The molecule has 1 aliphatic rings. The largest absolute Gasteiger partial charge is 0.337 e. The zero-order chi connectivity index (χ0) is 12.4. The van der Waals surface area contributed by atoms with Gasteiger partial charge in [-0.1, -0.05) is 0 Å². The molecule has 2 rings (SSSR count). The second-order valence-electron chi connectivity index (χ2n) is 4.67. The molecule has 92 valence electrons. The second-order valence-corrected chi connectivity index (χ2v) is 4.67. The van der Waals surface area contributed by atoms with Crippen LogP contribution in [0.5, 0.6) is 0 Å². The van der Waals surface area contributed by atoms with Crippen molar-refractivity contribution in [2.24, 2.45) is 5.73 Å². The van der Waals surface area contributed by atoms with Gasteiger partial charge in [-0.15, -0.1) is 0 Å². The molecule has 4 heteroatoms. The van der Waals surface area contributed by atoms with Gasteiger partial charge in [0, 0.05) is 24.7 Å². The molecule has 0 aromatic heterocycles. The van der Waals surface area contributed by atoms with Crippen molar-refractivity contribution < 1.29 is 9.18 Å². The summed E-state index contributed by atoms with van der Waals surface area (Å²) in [7, 11) is 0. The molecule has 1 aliphatic heterocycles. The van der Waals surface area contributed by atoms with Gasteiger partial charge in [-0.2, -0.15) is 0 Å². The minimum atomic E-state index is -0.366. The van der Waals surface area contributed by atoms with Crippen molar-refractivity contribution >= 4 is 5.91 Å². The molecule has 0 unspecified atom stereocenters. The lowest BCUT2D eigenvalue weighted by molar-refractivity contribution is 0.0708. The van der Waals surface area contributed by atoms with Crippen molar-refractivity contribution in [1.82, 2.24) is 4.90 Å². The summed E-state index contributed by atoms with van der Waals surface area (Å²) < 4.78 is 13.2. The minimum absolute atomic E-state index is 0.0438. The lowest BCUT2D eigenvalue weighted by atomic mass is 10.0. The predicted octanol–water partition coefficient (Wildman–Crippen LogP) is 1.70. The van der Waals surface area contributed by atoms with Crippen LogP contribution in [0.4, 0.5) is 4.39 Å². The fraction of sp³-hybridized carbons (Fsp3) is 0.462. The van der Waals surface area contributed by atoms with E-state index in [1.54, 1.807) is 17.9 Å². The van der Waals surface area contributed by atoms with E-state index in [1.807, 2.05) is 0 Å². The van der Waals surface area contributed by atoms with Crippen molar-refractivity contribution in [3.8, 4) is 0 Å². The van der Waals surface area contributed by atoms with Crippen molar-refractivity contribution in [2.45, 2.75) is 25.8 Å². The Morgan fingerprint density at radius 2 is 2.24 bits per heavy atom. The number of hydrogen-bond donors (Lipinski definition) is 1. The normalized spacial score (nSPS) is 20.4. The number of aryl methyl sites for hydroxylation is 1. The van der Waals surface area contributed by atoms with Crippen LogP contribution in [0, 0.1) is 12.7 Å². The molecule has 1 aromatic carbocycles. The highest BCUT2D eigenvalue weighted by molar-refractivity contribution is 5.94. The highest BCUT2D eigenvalue weighted by Crippen LogP contribution is 2.15. The molecular formula is C13H17FN2O. The molecule has 0 bridgehead atoms. The van der Waals surface area contributed by atoms with E-state index in [0.717, 1.165) is 18.4 Å². The number of rotatable bonds is 1. The molecule has 1 aromatic rings. The monoisotopic (exact) mass is 236 g/mol. The Kier molecular flexibility index (Phi) is 3.43. The third-order valence-corrected chi connectivity index (χ3v) is 3.03. The summed E-state index contributed by atoms with van der Waals surface area (Å²) in [5.41, 5.74) is 7.01. The van der Waals surface area contributed by atoms with Crippen LogP contribution >= 0.6 is 0 Å². The van der Waals surface area contributed by atoms with Crippen LogP contribution in [0.3, 0.4) is 0 Å². The van der Waals surface area contributed by atoms with E-state index in [1.165, 1.54) is 12.1 Å². The Labute approximate surface area is 100 Å². The van der Waals surface area contributed by atoms with Gasteiger partial charge in [-0.05, 0) is 43.5 Å². The van der Waals surface area contributed by atoms with E-state index in [9.17, 15) is 9.18 Å². The standard InChI is InChI=1S/C13H17FN2O/c1-9-5-10(7-11(14)6-9)13(17)16-4-2-3-12(15)8-16/h5-7,12H,2-4,8,15H2,1H3/t12-/m1/s1. The zero-order valence-electron chi connectivity index (χ0n) is 9.95. The minimum Gasteiger partial charge on any atom is -0.337 e. The lowest BCUT2D eigenvalue weighted by Crippen LogP contribution is -2.45. The highest BCUT2D eigenvalue weighted by Gasteiger charge is 2.22. The van der Waals surface area contributed by atoms with Crippen LogP contribution in [0.1, 0.15) is 28.8 Å². The molecule has 0 spiro atoms. The van der Waals surface area contributed by atoms with Crippen LogP contribution in [-0.2, 0) is 0 Å². The summed E-state index contributed by atoms with van der Waals surface area (Å²) >= 11 is 0. The molecule has 0 radical (unpaired) electrons. The predicted molar refractivity (Wildman–Crippen MR) is 64.2 cm³/mol. The van der Waals surface area contributed by atoms with Gasteiger partial charge < -0.3 is 10.6 Å². The van der Waals surface area contributed by atoms with E-state index in [-0.39, 0.29) is 17.8 Å². The molecule has 1 atom stereocenters. The van der Waals surface area contributed by atoms with Crippen LogP contribution in [-0.4, -0.2) is 29.9 Å². The number of carbonyl (C=O) groups is 1. The zero-order valence-corrected chi connectivity index (χ0v) is 9.95. The summed E-state index contributed by atoms with van der Waals surface area (Å²) in [5.74, 6) is -0.489. The maximum Gasteiger partial charge on any atom is 0.254 e. The van der Waals surface area contributed by atoms with Gasteiger partial charge in [0.15, 0.2) is 0 Å². The summed E-state index contributed by atoms with van der Waals surface area (Å²) in [6.45, 7) is 3.05. The fourth-order valence-electron chi connectivity index (χ4n) is 2.24. The van der Waals surface area contributed by atoms with E-state index in [4.69, 9.17) is 5.73 Å². The fourth-order valence-corrected chi connectivity index (χ4v) is 2.24. The molecule has 1 amide bonds. The van der Waals surface area contributed by atoms with E-state index >= 15 is 0 Å². The third-order valence-electron chi connectivity index (χ3n) is 3.03. The van der Waals surface area contributed by atoms with Crippen molar-refractivity contribution in [2.75, 3.05) is 13.1 Å². The van der Waals surface area contributed by atoms with Gasteiger partial charge in [-0.25, -0.2) is 4.39 Å². The van der Waals surface area contributed by atoms with Gasteiger partial charge in [0.25, 0.3) is 5.91 Å². The quantitative estimate of drug-likeness (QED) is 0.806. The number of piperidine rings is 1. The first-order chi connectivity index (χ1) is 8.06. The molecule has 2 N–H and O–H groups in total. The van der Waals surface area contributed by atoms with Gasteiger partial charge in [0.2, 0.25) is 0 Å². The Morgan fingerprint density at radius 1 is 1.47 bits per heavy atom. The highest BCUT2D eigenvalue weighted by atomic mass is 19.1. The Morgan fingerprint density at radius 3 is 2.88 bits per heavy atom. The van der Waals surface area contributed by atoms with Gasteiger partial charge in [0.1, 0.15) is 5.82 Å². The van der Waals surface area contributed by atoms with E-state index < -0.39 is 0 Å². The number of nitrogens with two attached hydrogens (primary N) is 1. The number of nitrogens with zero attached hydrogens (tertiary/aromatic N) is 1. The van der Waals surface area contributed by atoms with Gasteiger partial charge in [-0.3, -0.25) is 4.79 Å². The lowest BCUT2D eigenvalue weighted by Gasteiger charge is -2.30. The van der Waals surface area contributed by atoms with Gasteiger partial charge in [0.05, 0.1) is 0 Å². The molecular weight excluding hydrogens is 219 g/mol.